The van der Waals surface area contributed by atoms with Crippen molar-refractivity contribution in [2.75, 3.05) is 25.6 Å². The highest BCUT2D eigenvalue weighted by Gasteiger charge is 2.24. The smallest absolute Gasteiger partial charge is 0.231 e. The van der Waals surface area contributed by atoms with E-state index >= 15 is 0 Å². The summed E-state index contributed by atoms with van der Waals surface area (Å²) in [5.41, 5.74) is 1.71. The van der Waals surface area contributed by atoms with Crippen molar-refractivity contribution in [2.24, 2.45) is 5.92 Å². The number of methoxy groups -OCH3 is 1. The number of hydrogen-bond acceptors (Lipinski definition) is 4. The number of nitrogens with zero attached hydrogens (tertiary/aromatic N) is 2. The van der Waals surface area contributed by atoms with E-state index in [2.05, 4.69) is 10.4 Å². The number of ether oxygens (including phenoxy) is 2. The zero-order valence-corrected chi connectivity index (χ0v) is 12.7. The van der Waals surface area contributed by atoms with Gasteiger partial charge in [-0.15, -0.1) is 0 Å². The van der Waals surface area contributed by atoms with E-state index in [4.69, 9.17) is 9.47 Å². The number of rotatable bonds is 4. The zero-order valence-electron chi connectivity index (χ0n) is 12.7. The SMILES string of the molecule is COc1ccc(-n2nc(C)cc2NC(=O)C2CCOC2)cc1. The minimum atomic E-state index is -0.0838. The third-order valence-corrected chi connectivity index (χ3v) is 3.70. The van der Waals surface area contributed by atoms with Crippen molar-refractivity contribution in [3.8, 4) is 11.4 Å². The highest BCUT2D eigenvalue weighted by molar-refractivity contribution is 5.92. The summed E-state index contributed by atoms with van der Waals surface area (Å²) in [6, 6.07) is 9.39. The molecule has 6 nitrogen and oxygen atoms in total. The second-order valence-corrected chi connectivity index (χ2v) is 5.33. The van der Waals surface area contributed by atoms with Gasteiger partial charge in [0, 0.05) is 12.7 Å². The van der Waals surface area contributed by atoms with Crippen LogP contribution < -0.4 is 10.1 Å². The summed E-state index contributed by atoms with van der Waals surface area (Å²) in [5.74, 6) is 1.34. The van der Waals surface area contributed by atoms with Crippen molar-refractivity contribution in [1.29, 1.82) is 0 Å². The van der Waals surface area contributed by atoms with E-state index in [1.807, 2.05) is 37.3 Å². The number of amides is 1. The third kappa shape index (κ3) is 2.96. The molecular weight excluding hydrogens is 282 g/mol. The Labute approximate surface area is 129 Å². The number of aryl methyl sites for hydroxylation is 1. The Balaban J connectivity index is 1.83. The quantitative estimate of drug-likeness (QED) is 0.940. The van der Waals surface area contributed by atoms with Crippen LogP contribution in [0.3, 0.4) is 0 Å². The van der Waals surface area contributed by atoms with Gasteiger partial charge in [0.15, 0.2) is 0 Å². The molecule has 6 heteroatoms. The van der Waals surface area contributed by atoms with E-state index in [1.54, 1.807) is 11.8 Å². The maximum Gasteiger partial charge on any atom is 0.231 e. The molecule has 1 amide bonds. The molecule has 1 atom stereocenters. The van der Waals surface area contributed by atoms with Gasteiger partial charge >= 0.3 is 0 Å². The molecule has 2 heterocycles. The van der Waals surface area contributed by atoms with Gasteiger partial charge in [-0.2, -0.15) is 5.10 Å². The average Bonchev–Trinajstić information content (AvgIpc) is 3.17. The summed E-state index contributed by atoms with van der Waals surface area (Å²) in [6.45, 7) is 3.03. The van der Waals surface area contributed by atoms with E-state index < -0.39 is 0 Å². The van der Waals surface area contributed by atoms with E-state index in [1.165, 1.54) is 0 Å². The van der Waals surface area contributed by atoms with Crippen LogP contribution in [0.15, 0.2) is 30.3 Å². The molecule has 0 aliphatic carbocycles. The van der Waals surface area contributed by atoms with Gasteiger partial charge in [-0.1, -0.05) is 0 Å². The van der Waals surface area contributed by atoms with Crippen molar-refractivity contribution in [3.05, 3.63) is 36.0 Å². The van der Waals surface area contributed by atoms with Gasteiger partial charge in [0.1, 0.15) is 11.6 Å². The van der Waals surface area contributed by atoms with E-state index in [0.717, 1.165) is 23.6 Å². The predicted molar refractivity (Wildman–Crippen MR) is 82.4 cm³/mol. The Morgan fingerprint density at radius 3 is 2.82 bits per heavy atom. The lowest BCUT2D eigenvalue weighted by Crippen LogP contribution is -2.24. The number of nitrogens with one attached hydrogen (secondary N) is 1. The molecule has 0 radical (unpaired) electrons. The molecule has 1 aliphatic rings. The van der Waals surface area contributed by atoms with Gasteiger partial charge in [0.25, 0.3) is 0 Å². The van der Waals surface area contributed by atoms with Crippen LogP contribution in [0.4, 0.5) is 5.82 Å². The summed E-state index contributed by atoms with van der Waals surface area (Å²) >= 11 is 0. The molecule has 22 heavy (non-hydrogen) atoms. The van der Waals surface area contributed by atoms with Gasteiger partial charge < -0.3 is 14.8 Å². The maximum atomic E-state index is 12.3. The molecule has 3 rings (SSSR count). The zero-order chi connectivity index (χ0) is 15.5. The van der Waals surface area contributed by atoms with Crippen LogP contribution in [0.1, 0.15) is 12.1 Å². The normalized spacial score (nSPS) is 17.5. The summed E-state index contributed by atoms with van der Waals surface area (Å²) in [5, 5.41) is 7.40. The first kappa shape index (κ1) is 14.6. The maximum absolute atomic E-state index is 12.3. The Morgan fingerprint density at radius 1 is 1.41 bits per heavy atom. The average molecular weight is 301 g/mol. The van der Waals surface area contributed by atoms with Crippen LogP contribution in [0, 0.1) is 12.8 Å². The monoisotopic (exact) mass is 301 g/mol. The first-order valence-corrected chi connectivity index (χ1v) is 7.27. The van der Waals surface area contributed by atoms with Gasteiger partial charge in [-0.05, 0) is 37.6 Å². The highest BCUT2D eigenvalue weighted by Crippen LogP contribution is 2.21. The molecule has 116 valence electrons. The minimum Gasteiger partial charge on any atom is -0.497 e. The molecule has 2 aromatic rings. The molecule has 1 aliphatic heterocycles. The molecule has 1 fully saturated rings. The molecule has 1 aromatic carbocycles. The molecule has 1 N–H and O–H groups in total. The largest absolute Gasteiger partial charge is 0.497 e. The lowest BCUT2D eigenvalue weighted by molar-refractivity contribution is -0.119. The van der Waals surface area contributed by atoms with Crippen LogP contribution in [-0.2, 0) is 9.53 Å². The predicted octanol–water partition coefficient (Wildman–Crippen LogP) is 2.16. The lowest BCUT2D eigenvalue weighted by atomic mass is 10.1. The van der Waals surface area contributed by atoms with Crippen LogP contribution in [-0.4, -0.2) is 36.0 Å². The first-order chi connectivity index (χ1) is 10.7. The number of hydrogen-bond donors (Lipinski definition) is 1. The first-order valence-electron chi connectivity index (χ1n) is 7.27. The molecule has 0 saturated carbocycles. The Hall–Kier alpha value is -2.34. The molecule has 1 saturated heterocycles. The number of carbonyl (C=O) groups excluding carboxylic acids is 1. The number of aromatic nitrogens is 2. The van der Waals surface area contributed by atoms with E-state index in [9.17, 15) is 4.79 Å². The van der Waals surface area contributed by atoms with Gasteiger partial charge in [-0.3, -0.25) is 4.79 Å². The fourth-order valence-corrected chi connectivity index (χ4v) is 2.48. The molecular formula is C16H19N3O3. The lowest BCUT2D eigenvalue weighted by Gasteiger charge is -2.11. The van der Waals surface area contributed by atoms with E-state index in [-0.39, 0.29) is 11.8 Å². The van der Waals surface area contributed by atoms with Crippen LogP contribution in [0.25, 0.3) is 5.69 Å². The van der Waals surface area contributed by atoms with Gasteiger partial charge in [-0.25, -0.2) is 4.68 Å². The fourth-order valence-electron chi connectivity index (χ4n) is 2.48. The van der Waals surface area contributed by atoms with Crippen LogP contribution in [0.2, 0.25) is 0 Å². The molecule has 0 bridgehead atoms. The fraction of sp³-hybridized carbons (Fsp3) is 0.375. The number of anilines is 1. The summed E-state index contributed by atoms with van der Waals surface area (Å²) in [7, 11) is 1.63. The van der Waals surface area contributed by atoms with Crippen LogP contribution >= 0.6 is 0 Å². The highest BCUT2D eigenvalue weighted by atomic mass is 16.5. The minimum absolute atomic E-state index is 0.0211. The van der Waals surface area contributed by atoms with Crippen molar-refractivity contribution < 1.29 is 14.3 Å². The second kappa shape index (κ2) is 6.19. The Bertz CT molecular complexity index is 658. The third-order valence-electron chi connectivity index (χ3n) is 3.70. The Morgan fingerprint density at radius 2 is 2.18 bits per heavy atom. The standard InChI is InChI=1S/C16H19N3O3/c1-11-9-15(17-16(20)12-7-8-22-10-12)19(18-11)13-3-5-14(21-2)6-4-13/h3-6,9,12H,7-8,10H2,1-2H3,(H,17,20). The summed E-state index contributed by atoms with van der Waals surface area (Å²) < 4.78 is 12.1. The molecule has 0 spiro atoms. The van der Waals surface area contributed by atoms with Crippen molar-refractivity contribution in [2.45, 2.75) is 13.3 Å². The summed E-state index contributed by atoms with van der Waals surface area (Å²) in [4.78, 5) is 12.3. The van der Waals surface area contributed by atoms with Crippen LogP contribution in [0.5, 0.6) is 5.75 Å². The van der Waals surface area contributed by atoms with Crippen molar-refractivity contribution in [1.82, 2.24) is 9.78 Å². The van der Waals surface area contributed by atoms with Crippen molar-refractivity contribution in [3.63, 3.8) is 0 Å². The van der Waals surface area contributed by atoms with Crippen molar-refractivity contribution >= 4 is 11.7 Å². The van der Waals surface area contributed by atoms with Gasteiger partial charge in [0.2, 0.25) is 5.91 Å². The number of carbonyl (C=O) groups is 1. The molecule has 1 aromatic heterocycles. The molecule has 1 unspecified atom stereocenters. The van der Waals surface area contributed by atoms with Gasteiger partial charge in [0.05, 0.1) is 31.0 Å². The van der Waals surface area contributed by atoms with E-state index in [0.29, 0.717) is 19.0 Å². The Kier molecular flexibility index (Phi) is 4.11. The number of benzene rings is 1. The summed E-state index contributed by atoms with van der Waals surface area (Å²) in [6.07, 6.45) is 0.765. The second-order valence-electron chi connectivity index (χ2n) is 5.33. The topological polar surface area (TPSA) is 65.4 Å².